The third-order valence-electron chi connectivity index (χ3n) is 6.34. The van der Waals surface area contributed by atoms with E-state index in [2.05, 4.69) is 4.99 Å². The Bertz CT molecular complexity index is 1870. The molecule has 1 aliphatic rings. The first kappa shape index (κ1) is 29.1. The van der Waals surface area contributed by atoms with Gasteiger partial charge in [0.2, 0.25) is 0 Å². The number of ether oxygens (including phenoxy) is 2. The third-order valence-corrected chi connectivity index (χ3v) is 8.30. The van der Waals surface area contributed by atoms with Crippen molar-refractivity contribution in [2.45, 2.75) is 26.5 Å². The Balaban J connectivity index is 1.60. The molecule has 0 saturated carbocycles. The van der Waals surface area contributed by atoms with E-state index < -0.39 is 17.8 Å². The first-order chi connectivity index (χ1) is 19.7. The third kappa shape index (κ3) is 6.11. The summed E-state index contributed by atoms with van der Waals surface area (Å²) in [5, 5.41) is 1.31. The summed E-state index contributed by atoms with van der Waals surface area (Å²) in [6.07, 6.45) is 1.67. The molecular formula is C30H22Cl3FN2O4S. The molecule has 210 valence electrons. The van der Waals surface area contributed by atoms with Crippen molar-refractivity contribution in [1.29, 1.82) is 0 Å². The lowest BCUT2D eigenvalue weighted by atomic mass is 9.96. The smallest absolute Gasteiger partial charge is 0.338 e. The van der Waals surface area contributed by atoms with Crippen LogP contribution in [0.15, 0.2) is 81.7 Å². The minimum absolute atomic E-state index is 0.149. The number of thiazole rings is 1. The van der Waals surface area contributed by atoms with Gasteiger partial charge in [-0.3, -0.25) is 9.36 Å². The molecule has 0 fully saturated rings. The maximum Gasteiger partial charge on any atom is 0.338 e. The molecule has 0 aliphatic carbocycles. The van der Waals surface area contributed by atoms with Crippen LogP contribution >= 0.6 is 46.1 Å². The number of fused-ring (bicyclic) bond motifs is 1. The van der Waals surface area contributed by atoms with E-state index in [1.54, 1.807) is 68.5 Å². The van der Waals surface area contributed by atoms with Crippen molar-refractivity contribution >= 4 is 58.2 Å². The molecule has 3 aromatic carbocycles. The lowest BCUT2D eigenvalue weighted by Gasteiger charge is -2.24. The molecule has 41 heavy (non-hydrogen) atoms. The Labute approximate surface area is 253 Å². The van der Waals surface area contributed by atoms with E-state index in [9.17, 15) is 14.0 Å². The fourth-order valence-corrected chi connectivity index (χ4v) is 5.99. The number of carbonyl (C=O) groups excluding carboxylic acids is 1. The number of halogens is 4. The zero-order valence-corrected chi connectivity index (χ0v) is 24.9. The second kappa shape index (κ2) is 12.2. The highest BCUT2D eigenvalue weighted by molar-refractivity contribution is 7.07. The van der Waals surface area contributed by atoms with E-state index in [0.29, 0.717) is 47.0 Å². The molecule has 0 amide bonds. The van der Waals surface area contributed by atoms with Crippen molar-refractivity contribution in [3.63, 3.8) is 0 Å². The van der Waals surface area contributed by atoms with Gasteiger partial charge < -0.3 is 9.47 Å². The molecule has 4 aromatic rings. The molecule has 0 spiro atoms. The average Bonchev–Trinajstić information content (AvgIpc) is 3.24. The molecular weight excluding hydrogens is 610 g/mol. The van der Waals surface area contributed by atoms with Crippen molar-refractivity contribution in [1.82, 2.24) is 4.57 Å². The maximum atomic E-state index is 13.9. The lowest BCUT2D eigenvalue weighted by molar-refractivity contribution is -0.139. The Hall–Kier alpha value is -3.43. The molecule has 11 heteroatoms. The van der Waals surface area contributed by atoms with Crippen LogP contribution in [0.4, 0.5) is 4.39 Å². The lowest BCUT2D eigenvalue weighted by Crippen LogP contribution is -2.39. The fourth-order valence-electron chi connectivity index (χ4n) is 4.45. The van der Waals surface area contributed by atoms with Gasteiger partial charge >= 0.3 is 5.97 Å². The highest BCUT2D eigenvalue weighted by Gasteiger charge is 2.33. The van der Waals surface area contributed by atoms with Gasteiger partial charge in [0.25, 0.3) is 5.56 Å². The Morgan fingerprint density at radius 3 is 2.54 bits per heavy atom. The molecule has 2 heterocycles. The van der Waals surface area contributed by atoms with Crippen molar-refractivity contribution in [2.24, 2.45) is 4.99 Å². The van der Waals surface area contributed by atoms with Crippen LogP contribution in [0, 0.1) is 5.82 Å². The van der Waals surface area contributed by atoms with Crippen LogP contribution in [-0.2, 0) is 16.1 Å². The summed E-state index contributed by atoms with van der Waals surface area (Å²) in [5.74, 6) is -0.538. The van der Waals surface area contributed by atoms with E-state index in [0.717, 1.165) is 16.9 Å². The summed E-state index contributed by atoms with van der Waals surface area (Å²) in [6.45, 7) is 3.73. The Morgan fingerprint density at radius 1 is 1.07 bits per heavy atom. The second-order valence-corrected chi connectivity index (χ2v) is 11.3. The molecule has 0 unspecified atom stereocenters. The summed E-state index contributed by atoms with van der Waals surface area (Å²) in [6, 6.07) is 15.1. The second-order valence-electron chi connectivity index (χ2n) is 9.07. The van der Waals surface area contributed by atoms with Crippen LogP contribution < -0.4 is 19.6 Å². The number of nitrogens with zero attached hydrogens (tertiary/aromatic N) is 2. The van der Waals surface area contributed by atoms with Crippen LogP contribution in [-0.4, -0.2) is 17.1 Å². The predicted molar refractivity (Wildman–Crippen MR) is 159 cm³/mol. The van der Waals surface area contributed by atoms with Crippen molar-refractivity contribution in [2.75, 3.05) is 6.61 Å². The van der Waals surface area contributed by atoms with E-state index in [1.165, 1.54) is 16.7 Å². The molecule has 1 aliphatic heterocycles. The zero-order valence-electron chi connectivity index (χ0n) is 21.8. The summed E-state index contributed by atoms with van der Waals surface area (Å²) in [5.41, 5.74) is 2.17. The van der Waals surface area contributed by atoms with Gasteiger partial charge in [0.15, 0.2) is 4.80 Å². The number of allylic oxidation sites excluding steroid dienone is 1. The number of benzene rings is 3. The number of carbonyl (C=O) groups is 1. The quantitative estimate of drug-likeness (QED) is 0.219. The summed E-state index contributed by atoms with van der Waals surface area (Å²) in [4.78, 5) is 31.8. The molecule has 0 radical (unpaired) electrons. The summed E-state index contributed by atoms with van der Waals surface area (Å²) < 4.78 is 26.9. The maximum absolute atomic E-state index is 13.9. The van der Waals surface area contributed by atoms with Crippen molar-refractivity contribution in [3.8, 4) is 5.75 Å². The molecule has 5 rings (SSSR count). The van der Waals surface area contributed by atoms with E-state index in [4.69, 9.17) is 44.3 Å². The minimum atomic E-state index is -0.849. The largest absolute Gasteiger partial charge is 0.488 e. The van der Waals surface area contributed by atoms with Crippen LogP contribution in [0.1, 0.15) is 36.6 Å². The number of hydrogen-bond donors (Lipinski definition) is 0. The van der Waals surface area contributed by atoms with Gasteiger partial charge in [-0.2, -0.15) is 0 Å². The monoisotopic (exact) mass is 630 g/mol. The highest BCUT2D eigenvalue weighted by atomic mass is 35.5. The molecule has 0 bridgehead atoms. The van der Waals surface area contributed by atoms with Crippen molar-refractivity contribution < 1.29 is 18.7 Å². The number of rotatable bonds is 7. The summed E-state index contributed by atoms with van der Waals surface area (Å²) in [7, 11) is 0. The van der Waals surface area contributed by atoms with Crippen LogP contribution in [0.5, 0.6) is 5.75 Å². The molecule has 1 atom stereocenters. The SMILES string of the molecule is CCOC(=O)C1=C(C)N=c2s/c(=C\c3cc(Cl)ccc3OCc3ccc(Cl)c(Cl)c3)c(=O)n2[C@@H]1c1ccc(F)cc1. The van der Waals surface area contributed by atoms with Gasteiger partial charge in [-0.25, -0.2) is 14.2 Å². The Morgan fingerprint density at radius 2 is 1.83 bits per heavy atom. The van der Waals surface area contributed by atoms with Crippen LogP contribution in [0.2, 0.25) is 15.1 Å². The van der Waals surface area contributed by atoms with E-state index >= 15 is 0 Å². The normalized spacial score (nSPS) is 15.0. The predicted octanol–water partition coefficient (Wildman–Crippen LogP) is 6.48. The standard InChI is InChI=1S/C30H22Cl3FN2O4S/c1-3-39-29(38)26-16(2)35-30-36(27(26)18-5-8-21(34)9-6-18)28(37)25(41-30)14-19-13-20(31)7-11-24(19)40-15-17-4-10-22(32)23(33)12-17/h4-14,27H,3,15H2,1-2H3/b25-14-/t27-/m1/s1. The van der Waals surface area contributed by atoms with Gasteiger partial charge in [-0.05, 0) is 73.5 Å². The number of hydrogen-bond acceptors (Lipinski definition) is 6. The average molecular weight is 632 g/mol. The molecule has 6 nitrogen and oxygen atoms in total. The topological polar surface area (TPSA) is 69.9 Å². The molecule has 0 N–H and O–H groups in total. The minimum Gasteiger partial charge on any atom is -0.488 e. The number of esters is 1. The first-order valence-electron chi connectivity index (χ1n) is 12.5. The summed E-state index contributed by atoms with van der Waals surface area (Å²) >= 11 is 19.6. The van der Waals surface area contributed by atoms with Crippen LogP contribution in [0.25, 0.3) is 6.08 Å². The van der Waals surface area contributed by atoms with Crippen LogP contribution in [0.3, 0.4) is 0 Å². The van der Waals surface area contributed by atoms with Gasteiger partial charge in [0.05, 0.1) is 38.5 Å². The molecule has 1 aromatic heterocycles. The van der Waals surface area contributed by atoms with E-state index in [-0.39, 0.29) is 24.3 Å². The first-order valence-corrected chi connectivity index (χ1v) is 14.4. The number of aromatic nitrogens is 1. The molecule has 0 saturated heterocycles. The van der Waals surface area contributed by atoms with Crippen molar-refractivity contribution in [3.05, 3.63) is 129 Å². The Kier molecular flexibility index (Phi) is 8.66. The van der Waals surface area contributed by atoms with Gasteiger partial charge in [0.1, 0.15) is 18.2 Å². The van der Waals surface area contributed by atoms with Gasteiger partial charge in [-0.1, -0.05) is 64.3 Å². The van der Waals surface area contributed by atoms with Gasteiger partial charge in [0, 0.05) is 10.6 Å². The van der Waals surface area contributed by atoms with E-state index in [1.807, 2.05) is 0 Å². The van der Waals surface area contributed by atoms with Gasteiger partial charge in [-0.15, -0.1) is 0 Å². The highest BCUT2D eigenvalue weighted by Crippen LogP contribution is 2.31. The fraction of sp³-hybridized carbons (Fsp3) is 0.167. The zero-order chi connectivity index (χ0) is 29.3.